The number of hydrogen-bond donors (Lipinski definition) is 2. The molecule has 6 nitrogen and oxygen atoms in total. The minimum absolute atomic E-state index is 0. The fraction of sp³-hybridized carbons (Fsp3) is 0.389. The van der Waals surface area contributed by atoms with Gasteiger partial charge in [-0.3, -0.25) is 0 Å². The molecule has 1 aromatic heterocycles. The maximum Gasteiger partial charge on any atom is 0.193 e. The summed E-state index contributed by atoms with van der Waals surface area (Å²) in [6.45, 7) is 4.22. The summed E-state index contributed by atoms with van der Waals surface area (Å²) in [6.07, 6.45) is 0.795. The van der Waals surface area contributed by atoms with E-state index in [1.807, 2.05) is 49.2 Å². The van der Waals surface area contributed by atoms with Gasteiger partial charge in [0.1, 0.15) is 24.2 Å². The van der Waals surface area contributed by atoms with E-state index in [9.17, 15) is 5.11 Å². The normalized spacial score (nSPS) is 12.2. The molecule has 0 aliphatic heterocycles. The molecule has 1 atom stereocenters. The highest BCUT2D eigenvalue weighted by Gasteiger charge is 2.11. The summed E-state index contributed by atoms with van der Waals surface area (Å²) in [7, 11) is 1.94. The van der Waals surface area contributed by atoms with E-state index >= 15 is 0 Å². The Morgan fingerprint density at radius 3 is 2.68 bits per heavy atom. The molecule has 2 aromatic rings. The number of aliphatic imine (C=N–C) groups is 1. The number of nitrogens with one attached hydrogen (secondary N) is 1. The van der Waals surface area contributed by atoms with E-state index in [1.54, 1.807) is 18.4 Å². The zero-order chi connectivity index (χ0) is 17.2. The number of guanidine groups is 1. The first-order chi connectivity index (χ1) is 11.7. The molecular weight excluding hydrogens is 433 g/mol. The summed E-state index contributed by atoms with van der Waals surface area (Å²) in [6, 6.07) is 13.2. The zero-order valence-electron chi connectivity index (χ0n) is 14.6. The average Bonchev–Trinajstić information content (AvgIpc) is 3.14. The number of aliphatic hydroxyl groups excluding tert-OH is 1. The first-order valence-electron chi connectivity index (χ1n) is 8.09. The van der Waals surface area contributed by atoms with Crippen LogP contribution in [0.4, 0.5) is 0 Å². The number of halogens is 1. The van der Waals surface area contributed by atoms with E-state index in [4.69, 9.17) is 9.15 Å². The highest BCUT2D eigenvalue weighted by molar-refractivity contribution is 14.0. The highest BCUT2D eigenvalue weighted by atomic mass is 127. The van der Waals surface area contributed by atoms with Gasteiger partial charge in [-0.2, -0.15) is 0 Å². The first-order valence-corrected chi connectivity index (χ1v) is 8.09. The molecule has 0 fully saturated rings. The molecule has 138 valence electrons. The van der Waals surface area contributed by atoms with Crippen molar-refractivity contribution in [1.29, 1.82) is 0 Å². The van der Waals surface area contributed by atoms with Crippen LogP contribution in [0, 0.1) is 0 Å². The second-order valence-electron chi connectivity index (χ2n) is 5.31. The highest BCUT2D eigenvalue weighted by Crippen LogP contribution is 2.13. The lowest BCUT2D eigenvalue weighted by Crippen LogP contribution is -2.41. The van der Waals surface area contributed by atoms with E-state index in [0.29, 0.717) is 18.9 Å². The van der Waals surface area contributed by atoms with E-state index < -0.39 is 6.10 Å². The van der Waals surface area contributed by atoms with Gasteiger partial charge in [0.05, 0.1) is 19.4 Å². The van der Waals surface area contributed by atoms with Crippen molar-refractivity contribution in [2.45, 2.75) is 13.0 Å². The largest absolute Gasteiger partial charge is 0.492 e. The Balaban J connectivity index is 0.00000312. The van der Waals surface area contributed by atoms with Gasteiger partial charge in [-0.1, -0.05) is 18.2 Å². The smallest absolute Gasteiger partial charge is 0.193 e. The van der Waals surface area contributed by atoms with E-state index in [0.717, 1.165) is 18.3 Å². The number of para-hydroxylation sites is 1. The van der Waals surface area contributed by atoms with Gasteiger partial charge in [0.2, 0.25) is 0 Å². The van der Waals surface area contributed by atoms with Crippen LogP contribution in [0.5, 0.6) is 5.75 Å². The van der Waals surface area contributed by atoms with Crippen molar-refractivity contribution in [1.82, 2.24) is 10.2 Å². The molecule has 1 aromatic carbocycles. The number of benzene rings is 1. The lowest BCUT2D eigenvalue weighted by atomic mass is 10.3. The number of nitrogens with zero attached hydrogens (tertiary/aromatic N) is 2. The lowest BCUT2D eigenvalue weighted by Gasteiger charge is -2.22. The van der Waals surface area contributed by atoms with Gasteiger partial charge < -0.3 is 24.5 Å². The first kappa shape index (κ1) is 21.3. The third kappa shape index (κ3) is 7.35. The molecule has 1 heterocycles. The summed E-state index contributed by atoms with van der Waals surface area (Å²) < 4.78 is 10.9. The van der Waals surface area contributed by atoms with Crippen LogP contribution in [0.25, 0.3) is 0 Å². The second kappa shape index (κ2) is 11.8. The summed E-state index contributed by atoms with van der Waals surface area (Å²) >= 11 is 0. The molecule has 0 spiro atoms. The molecular formula is C18H26IN3O3. The van der Waals surface area contributed by atoms with Crippen LogP contribution in [0.15, 0.2) is 58.1 Å². The SMILES string of the molecule is CCNC(=NCC(O)c1ccco1)N(C)CCOc1ccccc1.I. The third-order valence-electron chi connectivity index (χ3n) is 3.42. The maximum absolute atomic E-state index is 10.1. The molecule has 0 amide bonds. The minimum atomic E-state index is -0.748. The number of likely N-dealkylation sites (N-methyl/N-ethyl adjacent to an activating group) is 1. The predicted molar refractivity (Wildman–Crippen MR) is 110 cm³/mol. The molecule has 2 rings (SSSR count). The summed E-state index contributed by atoms with van der Waals surface area (Å²) in [4.78, 5) is 6.43. The van der Waals surface area contributed by atoms with Gasteiger partial charge in [-0.05, 0) is 31.2 Å². The molecule has 25 heavy (non-hydrogen) atoms. The van der Waals surface area contributed by atoms with Gasteiger partial charge in [-0.15, -0.1) is 24.0 Å². The molecule has 0 saturated carbocycles. The van der Waals surface area contributed by atoms with Crippen LogP contribution in [-0.4, -0.2) is 49.3 Å². The van der Waals surface area contributed by atoms with Crippen molar-refractivity contribution in [2.24, 2.45) is 4.99 Å². The molecule has 7 heteroatoms. The van der Waals surface area contributed by atoms with Crippen molar-refractivity contribution in [2.75, 3.05) is 33.3 Å². The molecule has 0 bridgehead atoms. The van der Waals surface area contributed by atoms with Crippen molar-refractivity contribution in [3.63, 3.8) is 0 Å². The molecule has 1 unspecified atom stereocenters. The number of hydrogen-bond acceptors (Lipinski definition) is 4. The van der Waals surface area contributed by atoms with Gasteiger partial charge in [0, 0.05) is 13.6 Å². The van der Waals surface area contributed by atoms with Crippen molar-refractivity contribution in [3.05, 3.63) is 54.5 Å². The van der Waals surface area contributed by atoms with E-state index in [1.165, 1.54) is 0 Å². The minimum Gasteiger partial charge on any atom is -0.492 e. The molecule has 0 aliphatic rings. The Kier molecular flexibility index (Phi) is 10.0. The summed E-state index contributed by atoms with van der Waals surface area (Å²) in [5.41, 5.74) is 0. The van der Waals surface area contributed by atoms with Crippen LogP contribution >= 0.6 is 24.0 Å². The van der Waals surface area contributed by atoms with Gasteiger partial charge >= 0.3 is 0 Å². The Hall–Kier alpha value is -1.74. The number of rotatable bonds is 8. The van der Waals surface area contributed by atoms with Gasteiger partial charge in [-0.25, -0.2) is 4.99 Å². The van der Waals surface area contributed by atoms with E-state index in [-0.39, 0.29) is 30.5 Å². The summed E-state index contributed by atoms with van der Waals surface area (Å²) in [5.74, 6) is 2.09. The maximum atomic E-state index is 10.1. The number of aliphatic hydroxyl groups is 1. The van der Waals surface area contributed by atoms with Crippen LogP contribution < -0.4 is 10.1 Å². The topological polar surface area (TPSA) is 70.2 Å². The lowest BCUT2D eigenvalue weighted by molar-refractivity contribution is 0.158. The fourth-order valence-corrected chi connectivity index (χ4v) is 2.14. The van der Waals surface area contributed by atoms with Crippen LogP contribution in [0.2, 0.25) is 0 Å². The van der Waals surface area contributed by atoms with Gasteiger partial charge in [0.25, 0.3) is 0 Å². The van der Waals surface area contributed by atoms with Crippen molar-refractivity contribution < 1.29 is 14.3 Å². The molecule has 0 saturated heterocycles. The average molecular weight is 459 g/mol. The van der Waals surface area contributed by atoms with Crippen LogP contribution in [0.3, 0.4) is 0 Å². The predicted octanol–water partition coefficient (Wildman–Crippen LogP) is 2.91. The number of furan rings is 1. The second-order valence-corrected chi connectivity index (χ2v) is 5.31. The Bertz CT molecular complexity index is 605. The monoisotopic (exact) mass is 459 g/mol. The van der Waals surface area contributed by atoms with Gasteiger partial charge in [0.15, 0.2) is 5.96 Å². The number of ether oxygens (including phenoxy) is 1. The van der Waals surface area contributed by atoms with E-state index in [2.05, 4.69) is 10.3 Å². The molecule has 0 radical (unpaired) electrons. The quantitative estimate of drug-likeness (QED) is 0.361. The Labute approximate surface area is 165 Å². The zero-order valence-corrected chi connectivity index (χ0v) is 16.9. The van der Waals surface area contributed by atoms with Crippen molar-refractivity contribution >= 4 is 29.9 Å². The van der Waals surface area contributed by atoms with Crippen molar-refractivity contribution in [3.8, 4) is 5.75 Å². The third-order valence-corrected chi connectivity index (χ3v) is 3.42. The Morgan fingerprint density at radius 2 is 2.04 bits per heavy atom. The standard InChI is InChI=1S/C18H25N3O3.HI/c1-3-19-18(20-14-16(22)17-10-7-12-24-17)21(2)11-13-23-15-8-5-4-6-9-15;/h4-10,12,16,22H,3,11,13-14H2,1-2H3,(H,19,20);1H. The molecule has 2 N–H and O–H groups in total. The Morgan fingerprint density at radius 1 is 1.28 bits per heavy atom. The van der Waals surface area contributed by atoms with Crippen LogP contribution in [-0.2, 0) is 0 Å². The van der Waals surface area contributed by atoms with Crippen LogP contribution in [0.1, 0.15) is 18.8 Å². The summed E-state index contributed by atoms with van der Waals surface area (Å²) in [5, 5.41) is 13.3. The fourth-order valence-electron chi connectivity index (χ4n) is 2.14. The molecule has 0 aliphatic carbocycles.